The minimum absolute atomic E-state index is 0.0172. The Morgan fingerprint density at radius 3 is 2.51 bits per heavy atom. The predicted octanol–water partition coefficient (Wildman–Crippen LogP) is 1.99. The van der Waals surface area contributed by atoms with Crippen LogP contribution in [0.2, 0.25) is 0 Å². The molecule has 3 amide bonds. The Morgan fingerprint density at radius 2 is 1.84 bits per heavy atom. The third-order valence-corrected chi connectivity index (χ3v) is 8.76. The number of hydrogen-bond acceptors (Lipinski definition) is 9. The number of carbonyl (C=O) groups excluding carboxylic acids is 4. The van der Waals surface area contributed by atoms with Gasteiger partial charge >= 0.3 is 5.97 Å². The number of amides is 3. The molecule has 1 unspecified atom stereocenters. The van der Waals surface area contributed by atoms with Crippen LogP contribution in [-0.4, -0.2) is 102 Å². The molecule has 0 bridgehead atoms. The fourth-order valence-electron chi connectivity index (χ4n) is 5.57. The lowest BCUT2D eigenvalue weighted by Gasteiger charge is -2.39. The quantitative estimate of drug-likeness (QED) is 0.0699. The van der Waals surface area contributed by atoms with E-state index >= 15 is 0 Å². The van der Waals surface area contributed by atoms with Crippen molar-refractivity contribution in [3.05, 3.63) is 36.0 Å². The highest BCUT2D eigenvalue weighted by molar-refractivity contribution is 9.09. The van der Waals surface area contributed by atoms with Crippen LogP contribution in [0.15, 0.2) is 36.0 Å². The smallest absolute Gasteiger partial charge is 0.303 e. The number of aliphatic hydroxyl groups excluding tert-OH is 1. The number of aliphatic hydroxyl groups is 1. The van der Waals surface area contributed by atoms with Gasteiger partial charge in [-0.05, 0) is 45.6 Å². The second-order valence-electron chi connectivity index (χ2n) is 12.2. The summed E-state index contributed by atoms with van der Waals surface area (Å²) in [6, 6.07) is -0.137. The van der Waals surface area contributed by atoms with E-state index in [1.165, 1.54) is 13.0 Å². The van der Waals surface area contributed by atoms with Gasteiger partial charge in [-0.3, -0.25) is 19.2 Å². The lowest BCUT2D eigenvalue weighted by molar-refractivity contribution is -0.143. The largest absolute Gasteiger partial charge is 0.459 e. The number of carbonyl (C=O) groups is 4. The summed E-state index contributed by atoms with van der Waals surface area (Å²) in [6.45, 7) is 10.0. The first-order valence-corrected chi connectivity index (χ1v) is 16.7. The van der Waals surface area contributed by atoms with E-state index in [2.05, 4.69) is 44.9 Å². The SMILES string of the molecule is CC(=O)OC(C)C=CC(=O)N[C@@H]1C[C@H](C)[C@H](C/C=C(C)/C=C/[C@H]2O[C@H](CNC(=O)CCNC(=O)CBr)C[C@@]3(CO3)[C@@H]2O)O[C@@H]1C. The molecule has 3 aliphatic heterocycles. The Labute approximate surface area is 273 Å². The lowest BCUT2D eigenvalue weighted by atomic mass is 9.87. The van der Waals surface area contributed by atoms with Gasteiger partial charge in [0.05, 0.1) is 36.3 Å². The van der Waals surface area contributed by atoms with Crippen LogP contribution in [0.3, 0.4) is 0 Å². The number of esters is 1. The van der Waals surface area contributed by atoms with Crippen LogP contribution in [0.5, 0.6) is 0 Å². The van der Waals surface area contributed by atoms with Crippen molar-refractivity contribution in [2.75, 3.05) is 25.0 Å². The zero-order chi connectivity index (χ0) is 33.1. The Bertz CT molecular complexity index is 1140. The minimum atomic E-state index is -0.817. The number of halogens is 1. The highest BCUT2D eigenvalue weighted by atomic mass is 79.9. The Hall–Kier alpha value is -2.58. The zero-order valence-electron chi connectivity index (χ0n) is 26.8. The monoisotopic (exact) mass is 697 g/mol. The average Bonchev–Trinajstić information content (AvgIpc) is 3.76. The van der Waals surface area contributed by atoms with Gasteiger partial charge in [0.25, 0.3) is 0 Å². The van der Waals surface area contributed by atoms with Crippen molar-refractivity contribution in [3.63, 3.8) is 0 Å². The van der Waals surface area contributed by atoms with Crippen LogP contribution in [0.25, 0.3) is 0 Å². The Balaban J connectivity index is 1.47. The number of alkyl halides is 1. The molecule has 3 saturated heterocycles. The van der Waals surface area contributed by atoms with E-state index in [1.807, 2.05) is 26.0 Å². The molecule has 0 aliphatic carbocycles. The predicted molar refractivity (Wildman–Crippen MR) is 170 cm³/mol. The molecule has 3 aliphatic rings. The molecular weight excluding hydrogens is 650 g/mol. The summed E-state index contributed by atoms with van der Waals surface area (Å²) < 4.78 is 23.1. The van der Waals surface area contributed by atoms with Gasteiger partial charge in [-0.25, -0.2) is 0 Å². The van der Waals surface area contributed by atoms with Crippen LogP contribution >= 0.6 is 15.9 Å². The van der Waals surface area contributed by atoms with E-state index in [0.29, 0.717) is 19.4 Å². The Kier molecular flexibility index (Phi) is 14.2. The molecule has 3 fully saturated rings. The molecule has 3 rings (SSSR count). The van der Waals surface area contributed by atoms with Gasteiger partial charge in [0.15, 0.2) is 0 Å². The molecule has 0 aromatic heterocycles. The third kappa shape index (κ3) is 11.9. The molecule has 1 spiro atoms. The Morgan fingerprint density at radius 1 is 1.11 bits per heavy atom. The summed E-state index contributed by atoms with van der Waals surface area (Å²) in [7, 11) is 0. The molecule has 0 radical (unpaired) electrons. The highest BCUT2D eigenvalue weighted by Crippen LogP contribution is 2.42. The summed E-state index contributed by atoms with van der Waals surface area (Å²) >= 11 is 3.07. The number of ether oxygens (including phenoxy) is 4. The van der Waals surface area contributed by atoms with Gasteiger partial charge in [0.1, 0.15) is 23.9 Å². The molecule has 9 atom stereocenters. The lowest BCUT2D eigenvalue weighted by Crippen LogP contribution is -2.52. The second kappa shape index (κ2) is 17.4. The average molecular weight is 699 g/mol. The van der Waals surface area contributed by atoms with Gasteiger partial charge in [0, 0.05) is 38.9 Å². The van der Waals surface area contributed by atoms with Crippen LogP contribution in [0.1, 0.15) is 60.3 Å². The van der Waals surface area contributed by atoms with Crippen LogP contribution < -0.4 is 16.0 Å². The van der Waals surface area contributed by atoms with Gasteiger partial charge in [-0.1, -0.05) is 46.7 Å². The molecule has 12 nitrogen and oxygen atoms in total. The molecular formula is C32H48BrN3O9. The standard InChI is InChI=1S/C32H48BrN3O9/c1-19(6-9-26-20(2)14-25(22(4)44-26)36-29(39)11-8-21(3)43-23(5)37)7-10-27-31(41)32(18-42-32)15-24(45-27)17-35-28(38)12-13-34-30(40)16-33/h6-8,10-11,20-22,24-27,31,41H,9,12-18H2,1-5H3,(H,34,40)(H,35,38)(H,36,39)/b10-7+,11-8?,19-6+/t20-,21?,22+,24-,25+,26-,27+,31+,32+/m0/s1. The van der Waals surface area contributed by atoms with E-state index in [-0.39, 0.29) is 72.8 Å². The number of allylic oxidation sites excluding steroid dienone is 2. The van der Waals surface area contributed by atoms with Crippen molar-refractivity contribution in [2.24, 2.45) is 5.92 Å². The second-order valence-corrected chi connectivity index (χ2v) is 12.7. The van der Waals surface area contributed by atoms with Crippen LogP contribution in [0, 0.1) is 5.92 Å². The first kappa shape index (κ1) is 36.9. The summed E-state index contributed by atoms with van der Waals surface area (Å²) in [5, 5.41) is 19.6. The van der Waals surface area contributed by atoms with Gasteiger partial charge in [-0.15, -0.1) is 0 Å². The topological polar surface area (TPSA) is 165 Å². The molecule has 0 saturated carbocycles. The number of nitrogens with one attached hydrogen (secondary N) is 3. The van der Waals surface area contributed by atoms with E-state index in [9.17, 15) is 24.3 Å². The first-order valence-electron chi connectivity index (χ1n) is 15.5. The molecule has 13 heteroatoms. The van der Waals surface area contributed by atoms with Crippen molar-refractivity contribution < 1.29 is 43.2 Å². The summed E-state index contributed by atoms with van der Waals surface area (Å²) in [4.78, 5) is 47.0. The maximum Gasteiger partial charge on any atom is 0.303 e. The molecule has 4 N–H and O–H groups in total. The number of epoxide rings is 1. The number of rotatable bonds is 14. The van der Waals surface area contributed by atoms with E-state index in [0.717, 1.165) is 12.0 Å². The van der Waals surface area contributed by atoms with E-state index in [1.54, 1.807) is 13.0 Å². The first-order chi connectivity index (χ1) is 21.3. The molecule has 45 heavy (non-hydrogen) atoms. The maximum atomic E-state index is 12.4. The number of hydrogen-bond donors (Lipinski definition) is 4. The fraction of sp³-hybridized carbons (Fsp3) is 0.688. The van der Waals surface area contributed by atoms with E-state index in [4.69, 9.17) is 18.9 Å². The molecule has 252 valence electrons. The van der Waals surface area contributed by atoms with Crippen molar-refractivity contribution in [1.82, 2.24) is 16.0 Å². The molecule has 0 aromatic rings. The van der Waals surface area contributed by atoms with Crippen molar-refractivity contribution in [3.8, 4) is 0 Å². The van der Waals surface area contributed by atoms with Crippen molar-refractivity contribution in [1.29, 1.82) is 0 Å². The highest BCUT2D eigenvalue weighted by Gasteiger charge is 2.58. The third-order valence-electron chi connectivity index (χ3n) is 8.25. The van der Waals surface area contributed by atoms with Crippen molar-refractivity contribution >= 4 is 39.6 Å². The van der Waals surface area contributed by atoms with Crippen LogP contribution in [-0.2, 0) is 38.1 Å². The maximum absolute atomic E-state index is 12.4. The van der Waals surface area contributed by atoms with Gasteiger partial charge in [-0.2, -0.15) is 0 Å². The van der Waals surface area contributed by atoms with Gasteiger partial charge < -0.3 is 40.0 Å². The fourth-order valence-corrected chi connectivity index (χ4v) is 5.76. The zero-order valence-corrected chi connectivity index (χ0v) is 28.3. The van der Waals surface area contributed by atoms with E-state index < -0.39 is 29.9 Å². The normalized spacial score (nSPS) is 32.3. The summed E-state index contributed by atoms with van der Waals surface area (Å²) in [5.41, 5.74) is 0.331. The molecule has 0 aromatic carbocycles. The van der Waals surface area contributed by atoms with Crippen molar-refractivity contribution in [2.45, 2.75) is 109 Å². The van der Waals surface area contributed by atoms with Gasteiger partial charge in [0.2, 0.25) is 17.7 Å². The summed E-state index contributed by atoms with van der Waals surface area (Å²) in [6.07, 6.45) is 8.45. The molecule has 3 heterocycles. The minimum Gasteiger partial charge on any atom is -0.459 e. The summed E-state index contributed by atoms with van der Waals surface area (Å²) in [5.74, 6) is -0.827. The van der Waals surface area contributed by atoms with Crippen LogP contribution in [0.4, 0.5) is 0 Å².